The van der Waals surface area contributed by atoms with Gasteiger partial charge in [0, 0.05) is 32.4 Å². The summed E-state index contributed by atoms with van der Waals surface area (Å²) in [6, 6.07) is 0. The zero-order chi connectivity index (χ0) is 13.3. The number of hydrogen-bond acceptors (Lipinski definition) is 3. The van der Waals surface area contributed by atoms with Crippen molar-refractivity contribution in [2.24, 2.45) is 11.0 Å². The lowest BCUT2D eigenvalue weighted by Gasteiger charge is -2.24. The van der Waals surface area contributed by atoms with E-state index in [1.54, 1.807) is 0 Å². The van der Waals surface area contributed by atoms with Gasteiger partial charge in [-0.1, -0.05) is 6.58 Å². The molecule has 0 heterocycles. The van der Waals surface area contributed by atoms with Gasteiger partial charge in [-0.25, -0.2) is 0 Å². The van der Waals surface area contributed by atoms with E-state index in [1.807, 2.05) is 13.8 Å². The Morgan fingerprint density at radius 2 is 1.88 bits per heavy atom. The minimum Gasteiger partial charge on any atom is -0.353 e. The number of nitrogens with two attached hydrogens (primary N) is 2. The minimum atomic E-state index is -3.23. The quantitative estimate of drug-likeness (QED) is 0.461. The molecule has 0 spiro atoms. The molecular weight excluding hydrogens is 241 g/mol. The molecule has 102 valence electrons. The van der Waals surface area contributed by atoms with Crippen LogP contribution in [0, 0.1) is 0 Å². The van der Waals surface area contributed by atoms with Crippen LogP contribution in [-0.2, 0) is 14.0 Å². The molecule has 0 aliphatic rings. The second-order valence-corrected chi connectivity index (χ2v) is 5.36. The molecule has 0 unspecified atom stereocenters. The van der Waals surface area contributed by atoms with Crippen molar-refractivity contribution in [3.05, 3.63) is 12.8 Å². The van der Waals surface area contributed by atoms with E-state index in [4.69, 9.17) is 20.5 Å². The normalized spacial score (nSPS) is 11.8. The topological polar surface area (TPSA) is 90.8 Å². The van der Waals surface area contributed by atoms with Crippen molar-refractivity contribution < 1.29 is 14.0 Å². The van der Waals surface area contributed by atoms with Gasteiger partial charge < -0.3 is 14.1 Å². The maximum atomic E-state index is 11.4. The Morgan fingerprint density at radius 1 is 1.35 bits per heavy atom. The summed E-state index contributed by atoms with van der Waals surface area (Å²) in [4.78, 5) is 0. The molecule has 0 saturated heterocycles. The molecule has 0 amide bonds. The number of ether oxygens (including phenoxy) is 2. The zero-order valence-electron chi connectivity index (χ0n) is 10.7. The van der Waals surface area contributed by atoms with Gasteiger partial charge in [0.1, 0.15) is 0 Å². The van der Waals surface area contributed by atoms with Crippen molar-refractivity contribution in [2.75, 3.05) is 19.8 Å². The number of hydrogen-bond donors (Lipinski definition) is 2. The highest BCUT2D eigenvalue weighted by Crippen LogP contribution is 2.31. The second kappa shape index (κ2) is 8.66. The van der Waals surface area contributed by atoms with Crippen LogP contribution in [0.25, 0.3) is 0 Å². The molecular formula is C10H24N3O3P. The molecule has 0 aliphatic heterocycles. The van der Waals surface area contributed by atoms with Crippen molar-refractivity contribution in [1.29, 1.82) is 0 Å². The molecule has 0 aromatic heterocycles. The van der Waals surface area contributed by atoms with Gasteiger partial charge in [-0.2, -0.15) is 0 Å². The fraction of sp³-hybridized carbons (Fsp3) is 0.800. The average Bonchev–Trinajstić information content (AvgIpc) is 2.23. The van der Waals surface area contributed by atoms with Crippen molar-refractivity contribution >= 4 is 7.59 Å². The molecule has 0 fully saturated rings. The van der Waals surface area contributed by atoms with E-state index in [9.17, 15) is 4.57 Å². The Morgan fingerprint density at radius 3 is 2.24 bits per heavy atom. The van der Waals surface area contributed by atoms with Gasteiger partial charge in [-0.15, -0.1) is 0 Å². The SMILES string of the molecule is C=CN(CCCC(OCC)OCC)P(N)(N)=O. The minimum absolute atomic E-state index is 0.230. The van der Waals surface area contributed by atoms with Crippen LogP contribution in [0.1, 0.15) is 26.7 Å². The van der Waals surface area contributed by atoms with Gasteiger partial charge in [0.2, 0.25) is 0 Å². The van der Waals surface area contributed by atoms with E-state index in [-0.39, 0.29) is 6.29 Å². The summed E-state index contributed by atoms with van der Waals surface area (Å²) >= 11 is 0. The molecule has 17 heavy (non-hydrogen) atoms. The Labute approximate surface area is 103 Å². The molecule has 7 heteroatoms. The summed E-state index contributed by atoms with van der Waals surface area (Å²) < 4.78 is 23.6. The molecule has 6 nitrogen and oxygen atoms in total. The van der Waals surface area contributed by atoms with E-state index in [1.165, 1.54) is 10.9 Å². The van der Waals surface area contributed by atoms with Crippen LogP contribution in [0.3, 0.4) is 0 Å². The lowest BCUT2D eigenvalue weighted by atomic mass is 10.3. The van der Waals surface area contributed by atoms with E-state index >= 15 is 0 Å². The summed E-state index contributed by atoms with van der Waals surface area (Å²) in [5.41, 5.74) is 10.7. The summed E-state index contributed by atoms with van der Waals surface area (Å²) in [6.45, 7) is 9.03. The molecule has 0 aromatic carbocycles. The second-order valence-electron chi connectivity index (χ2n) is 3.50. The van der Waals surface area contributed by atoms with Gasteiger partial charge >= 0.3 is 0 Å². The third-order valence-electron chi connectivity index (χ3n) is 2.14. The first-order valence-electron chi connectivity index (χ1n) is 5.75. The summed E-state index contributed by atoms with van der Waals surface area (Å²) in [5.74, 6) is 0. The van der Waals surface area contributed by atoms with Gasteiger partial charge in [-0.05, 0) is 20.3 Å². The Kier molecular flexibility index (Phi) is 8.47. The van der Waals surface area contributed by atoms with Crippen LogP contribution in [0.5, 0.6) is 0 Å². The smallest absolute Gasteiger partial charge is 0.300 e. The van der Waals surface area contributed by atoms with Crippen LogP contribution < -0.4 is 11.0 Å². The molecule has 0 aromatic rings. The molecule has 4 N–H and O–H groups in total. The lowest BCUT2D eigenvalue weighted by Crippen LogP contribution is -2.26. The fourth-order valence-electron chi connectivity index (χ4n) is 1.38. The highest BCUT2D eigenvalue weighted by Gasteiger charge is 2.17. The lowest BCUT2D eigenvalue weighted by molar-refractivity contribution is -0.140. The standard InChI is InChI=1S/C10H24N3O3P/c1-4-13(17(11,12)14)9-7-8-10(15-5-2)16-6-3/h4,10H,1,5-9H2,2-3H3,(H4,11,12,14). The molecule has 0 rings (SSSR count). The predicted octanol–water partition coefficient (Wildman–Crippen LogP) is 1.64. The zero-order valence-corrected chi connectivity index (χ0v) is 11.6. The van der Waals surface area contributed by atoms with Crippen LogP contribution in [0.2, 0.25) is 0 Å². The van der Waals surface area contributed by atoms with Crippen molar-refractivity contribution in [1.82, 2.24) is 4.67 Å². The molecule has 0 aliphatic carbocycles. The Balaban J connectivity index is 4.01. The Bertz CT molecular complexity index is 251. The van der Waals surface area contributed by atoms with Crippen LogP contribution in [0.4, 0.5) is 0 Å². The third kappa shape index (κ3) is 7.52. The van der Waals surface area contributed by atoms with E-state index < -0.39 is 7.59 Å². The maximum Gasteiger partial charge on any atom is 0.300 e. The monoisotopic (exact) mass is 265 g/mol. The first-order valence-corrected chi connectivity index (χ1v) is 7.55. The summed E-state index contributed by atoms with van der Waals surface area (Å²) in [7, 11) is -3.23. The van der Waals surface area contributed by atoms with Crippen LogP contribution in [0.15, 0.2) is 12.8 Å². The summed E-state index contributed by atoms with van der Waals surface area (Å²) in [5, 5.41) is 0. The highest BCUT2D eigenvalue weighted by molar-refractivity contribution is 7.56. The molecule has 0 radical (unpaired) electrons. The van der Waals surface area contributed by atoms with E-state index in [0.29, 0.717) is 26.2 Å². The molecule has 0 saturated carbocycles. The first kappa shape index (κ1) is 16.6. The predicted molar refractivity (Wildman–Crippen MR) is 69.2 cm³/mol. The third-order valence-corrected chi connectivity index (χ3v) is 3.31. The average molecular weight is 265 g/mol. The van der Waals surface area contributed by atoms with Gasteiger partial charge in [0.15, 0.2) is 6.29 Å². The highest BCUT2D eigenvalue weighted by atomic mass is 31.2. The number of rotatable bonds is 10. The summed E-state index contributed by atoms with van der Waals surface area (Å²) in [6.07, 6.45) is 2.59. The van der Waals surface area contributed by atoms with Crippen LogP contribution in [-0.4, -0.2) is 30.7 Å². The van der Waals surface area contributed by atoms with Crippen molar-refractivity contribution in [3.8, 4) is 0 Å². The number of nitrogens with zero attached hydrogens (tertiary/aromatic N) is 1. The maximum absolute atomic E-state index is 11.4. The van der Waals surface area contributed by atoms with Crippen molar-refractivity contribution in [2.45, 2.75) is 33.0 Å². The van der Waals surface area contributed by atoms with Gasteiger partial charge in [-0.3, -0.25) is 15.6 Å². The largest absolute Gasteiger partial charge is 0.353 e. The first-order chi connectivity index (χ1) is 7.95. The van der Waals surface area contributed by atoms with E-state index in [2.05, 4.69) is 6.58 Å². The molecule has 0 bridgehead atoms. The van der Waals surface area contributed by atoms with Crippen molar-refractivity contribution in [3.63, 3.8) is 0 Å². The Hall–Kier alpha value is -0.390. The fourth-order valence-corrected chi connectivity index (χ4v) is 2.09. The van der Waals surface area contributed by atoms with Gasteiger partial charge in [0.25, 0.3) is 7.59 Å². The van der Waals surface area contributed by atoms with E-state index in [0.717, 1.165) is 6.42 Å². The van der Waals surface area contributed by atoms with Crippen LogP contribution >= 0.6 is 7.59 Å². The molecule has 0 atom stereocenters. The van der Waals surface area contributed by atoms with Gasteiger partial charge in [0.05, 0.1) is 0 Å².